The third-order valence-corrected chi connectivity index (χ3v) is 2.43. The fourth-order valence-corrected chi connectivity index (χ4v) is 1.75. The Hall–Kier alpha value is 0.310. The van der Waals surface area contributed by atoms with Gasteiger partial charge in [-0.1, -0.05) is 13.8 Å². The quantitative estimate of drug-likeness (QED) is 0.554. The summed E-state index contributed by atoms with van der Waals surface area (Å²) in [6, 6.07) is 0. The highest BCUT2D eigenvalue weighted by molar-refractivity contribution is 7.80. The molecular formula is C7H14OS. The molecule has 1 heterocycles. The highest BCUT2D eigenvalue weighted by Gasteiger charge is 2.34. The van der Waals surface area contributed by atoms with Gasteiger partial charge in [0, 0.05) is 12.4 Å². The second-order valence-electron chi connectivity index (χ2n) is 3.28. The molecule has 0 bridgehead atoms. The lowest BCUT2D eigenvalue weighted by atomic mass is 9.87. The summed E-state index contributed by atoms with van der Waals surface area (Å²) in [7, 11) is 0. The van der Waals surface area contributed by atoms with Gasteiger partial charge in [-0.25, -0.2) is 0 Å². The number of thiol groups is 1. The van der Waals surface area contributed by atoms with Gasteiger partial charge < -0.3 is 4.74 Å². The van der Waals surface area contributed by atoms with Crippen molar-refractivity contribution >= 4 is 12.6 Å². The van der Waals surface area contributed by atoms with Crippen LogP contribution in [0, 0.1) is 5.41 Å². The molecule has 0 aromatic rings. The summed E-state index contributed by atoms with van der Waals surface area (Å²) < 4.78 is 5.44. The Labute approximate surface area is 62.2 Å². The van der Waals surface area contributed by atoms with Gasteiger partial charge in [-0.3, -0.25) is 0 Å². The van der Waals surface area contributed by atoms with Gasteiger partial charge in [0.1, 0.15) is 0 Å². The molecule has 0 N–H and O–H groups in total. The zero-order valence-corrected chi connectivity index (χ0v) is 6.95. The lowest BCUT2D eigenvalue weighted by Gasteiger charge is -2.22. The molecule has 54 valence electrons. The second-order valence-corrected chi connectivity index (χ2v) is 3.65. The Bertz CT molecular complexity index is 101. The smallest absolute Gasteiger partial charge is 0.0714 e. The molecule has 1 aliphatic heterocycles. The first-order valence-electron chi connectivity index (χ1n) is 3.39. The summed E-state index contributed by atoms with van der Waals surface area (Å²) in [5, 5.41) is 0. The predicted molar refractivity (Wildman–Crippen MR) is 42.0 cm³/mol. The molecule has 0 radical (unpaired) electrons. The van der Waals surface area contributed by atoms with Crippen molar-refractivity contribution in [1.82, 2.24) is 0 Å². The summed E-state index contributed by atoms with van der Waals surface area (Å²) in [5.41, 5.74) is 0.363. The average Bonchev–Trinajstić information content (AvgIpc) is 2.08. The van der Waals surface area contributed by atoms with Gasteiger partial charge in [0.05, 0.1) is 6.10 Å². The van der Waals surface area contributed by atoms with Crippen LogP contribution in [0.5, 0.6) is 0 Å². The summed E-state index contributed by atoms with van der Waals surface area (Å²) in [5.74, 6) is 0.854. The van der Waals surface area contributed by atoms with E-state index in [4.69, 9.17) is 4.74 Å². The first-order valence-corrected chi connectivity index (χ1v) is 4.02. The molecule has 1 nitrogen and oxygen atoms in total. The van der Waals surface area contributed by atoms with E-state index >= 15 is 0 Å². The number of hydrogen-bond donors (Lipinski definition) is 1. The highest BCUT2D eigenvalue weighted by atomic mass is 32.1. The SMILES string of the molecule is CC1(C)CCOC1CS. The van der Waals surface area contributed by atoms with Crippen molar-refractivity contribution in [1.29, 1.82) is 0 Å². The molecule has 0 aromatic carbocycles. The van der Waals surface area contributed by atoms with Gasteiger partial charge in [0.2, 0.25) is 0 Å². The molecule has 0 aromatic heterocycles. The van der Waals surface area contributed by atoms with E-state index in [-0.39, 0.29) is 0 Å². The van der Waals surface area contributed by atoms with Crippen molar-refractivity contribution in [3.05, 3.63) is 0 Å². The predicted octanol–water partition coefficient (Wildman–Crippen LogP) is 1.73. The van der Waals surface area contributed by atoms with E-state index in [2.05, 4.69) is 26.5 Å². The van der Waals surface area contributed by atoms with Crippen molar-refractivity contribution in [2.75, 3.05) is 12.4 Å². The number of ether oxygens (including phenoxy) is 1. The molecule has 9 heavy (non-hydrogen) atoms. The maximum Gasteiger partial charge on any atom is 0.0714 e. The van der Waals surface area contributed by atoms with Crippen molar-refractivity contribution < 1.29 is 4.74 Å². The van der Waals surface area contributed by atoms with E-state index in [1.807, 2.05) is 0 Å². The van der Waals surface area contributed by atoms with Gasteiger partial charge in [0.15, 0.2) is 0 Å². The maximum atomic E-state index is 5.44. The number of hydrogen-bond acceptors (Lipinski definition) is 2. The molecule has 1 saturated heterocycles. The highest BCUT2D eigenvalue weighted by Crippen LogP contribution is 2.33. The molecule has 0 amide bonds. The van der Waals surface area contributed by atoms with Crippen LogP contribution in [-0.4, -0.2) is 18.5 Å². The molecule has 1 fully saturated rings. The summed E-state index contributed by atoms with van der Waals surface area (Å²) in [6.07, 6.45) is 1.55. The van der Waals surface area contributed by atoms with E-state index in [1.165, 1.54) is 6.42 Å². The summed E-state index contributed by atoms with van der Waals surface area (Å²) in [6.45, 7) is 5.39. The minimum atomic E-state index is 0.363. The fourth-order valence-electron chi connectivity index (χ4n) is 1.15. The Morgan fingerprint density at radius 2 is 2.33 bits per heavy atom. The second kappa shape index (κ2) is 2.51. The Morgan fingerprint density at radius 3 is 2.56 bits per heavy atom. The Balaban J connectivity index is 2.52. The Kier molecular flexibility index (Phi) is 2.07. The van der Waals surface area contributed by atoms with Crippen LogP contribution in [0.3, 0.4) is 0 Å². The standard InChI is InChI=1S/C7H14OS/c1-7(2)3-4-8-6(7)5-9/h6,9H,3-5H2,1-2H3. The van der Waals surface area contributed by atoms with Gasteiger partial charge in [-0.15, -0.1) is 0 Å². The molecule has 1 unspecified atom stereocenters. The average molecular weight is 146 g/mol. The minimum absolute atomic E-state index is 0.363. The van der Waals surface area contributed by atoms with Crippen LogP contribution >= 0.6 is 12.6 Å². The monoisotopic (exact) mass is 146 g/mol. The first-order chi connectivity index (χ1) is 4.17. The Morgan fingerprint density at radius 1 is 1.67 bits per heavy atom. The van der Waals surface area contributed by atoms with Gasteiger partial charge in [-0.2, -0.15) is 12.6 Å². The van der Waals surface area contributed by atoms with Crippen LogP contribution in [0.25, 0.3) is 0 Å². The van der Waals surface area contributed by atoms with E-state index < -0.39 is 0 Å². The van der Waals surface area contributed by atoms with Gasteiger partial charge >= 0.3 is 0 Å². The van der Waals surface area contributed by atoms with E-state index in [9.17, 15) is 0 Å². The maximum absolute atomic E-state index is 5.44. The summed E-state index contributed by atoms with van der Waals surface area (Å²) in [4.78, 5) is 0. The zero-order valence-electron chi connectivity index (χ0n) is 6.05. The largest absolute Gasteiger partial charge is 0.377 e. The molecule has 1 aliphatic rings. The molecule has 1 atom stereocenters. The van der Waals surface area contributed by atoms with Crippen molar-refractivity contribution in [3.8, 4) is 0 Å². The van der Waals surface area contributed by atoms with Crippen molar-refractivity contribution in [3.63, 3.8) is 0 Å². The molecule has 0 spiro atoms. The molecular weight excluding hydrogens is 132 g/mol. The third-order valence-electron chi connectivity index (χ3n) is 2.10. The lowest BCUT2D eigenvalue weighted by molar-refractivity contribution is 0.0839. The minimum Gasteiger partial charge on any atom is -0.377 e. The fraction of sp³-hybridized carbons (Fsp3) is 1.00. The van der Waals surface area contributed by atoms with Gasteiger partial charge in [0.25, 0.3) is 0 Å². The van der Waals surface area contributed by atoms with Crippen molar-refractivity contribution in [2.45, 2.75) is 26.4 Å². The normalized spacial score (nSPS) is 33.0. The molecule has 1 rings (SSSR count). The topological polar surface area (TPSA) is 9.23 Å². The van der Waals surface area contributed by atoms with E-state index in [0.29, 0.717) is 11.5 Å². The van der Waals surface area contributed by atoms with Crippen LogP contribution in [0.4, 0.5) is 0 Å². The molecule has 0 aliphatic carbocycles. The van der Waals surface area contributed by atoms with Crippen LogP contribution in [-0.2, 0) is 4.74 Å². The van der Waals surface area contributed by atoms with Crippen LogP contribution in [0.2, 0.25) is 0 Å². The van der Waals surface area contributed by atoms with Crippen molar-refractivity contribution in [2.24, 2.45) is 5.41 Å². The molecule has 2 heteroatoms. The lowest BCUT2D eigenvalue weighted by Crippen LogP contribution is -2.25. The van der Waals surface area contributed by atoms with Gasteiger partial charge in [-0.05, 0) is 11.8 Å². The molecule has 0 saturated carbocycles. The van der Waals surface area contributed by atoms with Crippen LogP contribution < -0.4 is 0 Å². The summed E-state index contributed by atoms with van der Waals surface area (Å²) >= 11 is 4.20. The van der Waals surface area contributed by atoms with Crippen LogP contribution in [0.15, 0.2) is 0 Å². The van der Waals surface area contributed by atoms with E-state index in [0.717, 1.165) is 12.4 Å². The first kappa shape index (κ1) is 7.42. The third kappa shape index (κ3) is 1.41. The van der Waals surface area contributed by atoms with E-state index in [1.54, 1.807) is 0 Å². The number of rotatable bonds is 1. The van der Waals surface area contributed by atoms with Crippen LogP contribution in [0.1, 0.15) is 20.3 Å². The zero-order chi connectivity index (χ0) is 6.91.